The number of anilines is 1. The summed E-state index contributed by atoms with van der Waals surface area (Å²) in [4.78, 5) is 0. The van der Waals surface area contributed by atoms with Crippen LogP contribution in [0.4, 0.5) is 5.69 Å². The third-order valence-corrected chi connectivity index (χ3v) is 1.87. The van der Waals surface area contributed by atoms with Crippen LogP contribution in [0, 0.1) is 6.92 Å². The van der Waals surface area contributed by atoms with E-state index >= 15 is 0 Å². The maximum Gasteiger partial charge on any atom is 0.147 e. The number of hydrogen-bond donors (Lipinski definition) is 2. The van der Waals surface area contributed by atoms with Crippen LogP contribution in [0.1, 0.15) is 5.56 Å². The van der Waals surface area contributed by atoms with Crippen LogP contribution in [0.2, 0.25) is 0 Å². The highest BCUT2D eigenvalue weighted by Crippen LogP contribution is 2.31. The van der Waals surface area contributed by atoms with Crippen molar-refractivity contribution in [1.29, 1.82) is 0 Å². The van der Waals surface area contributed by atoms with Crippen LogP contribution in [0.15, 0.2) is 12.1 Å². The summed E-state index contributed by atoms with van der Waals surface area (Å²) in [6.45, 7) is 1.93. The van der Waals surface area contributed by atoms with Crippen LogP contribution in [0.3, 0.4) is 0 Å². The van der Waals surface area contributed by atoms with Gasteiger partial charge in [0.25, 0.3) is 0 Å². The molecule has 0 fully saturated rings. The molecule has 0 aliphatic rings. The number of ether oxygens (including phenoxy) is 2. The molecule has 1 aromatic rings. The Kier molecular flexibility index (Phi) is 2.97. The van der Waals surface area contributed by atoms with Crippen LogP contribution in [-0.4, -0.2) is 14.2 Å². The Hall–Kier alpha value is -1.42. The second-order valence-corrected chi connectivity index (χ2v) is 2.67. The summed E-state index contributed by atoms with van der Waals surface area (Å²) in [5.41, 5.74) is 4.35. The van der Waals surface area contributed by atoms with Crippen molar-refractivity contribution in [3.63, 3.8) is 0 Å². The first-order valence-electron chi connectivity index (χ1n) is 3.92. The number of hydrogen-bond acceptors (Lipinski definition) is 4. The summed E-state index contributed by atoms with van der Waals surface area (Å²) in [5, 5.41) is 0. The standard InChI is InChI=1S/C9H14N2O2/c1-6-4-7(12-2)5-8(13-3)9(6)11-10/h4-5,11H,10H2,1-3H3. The summed E-state index contributed by atoms with van der Waals surface area (Å²) in [5.74, 6) is 6.79. The Morgan fingerprint density at radius 2 is 1.92 bits per heavy atom. The molecule has 0 saturated carbocycles. The van der Waals surface area contributed by atoms with Crippen molar-refractivity contribution in [2.45, 2.75) is 6.92 Å². The maximum absolute atomic E-state index is 5.35. The first-order valence-corrected chi connectivity index (χ1v) is 3.92. The van der Waals surface area contributed by atoms with Gasteiger partial charge in [-0.05, 0) is 18.6 Å². The molecule has 13 heavy (non-hydrogen) atoms. The first kappa shape index (κ1) is 9.67. The topological polar surface area (TPSA) is 56.5 Å². The first-order chi connectivity index (χ1) is 6.22. The second-order valence-electron chi connectivity index (χ2n) is 2.67. The van der Waals surface area contributed by atoms with Gasteiger partial charge < -0.3 is 14.9 Å². The van der Waals surface area contributed by atoms with E-state index in [0.717, 1.165) is 17.0 Å². The minimum atomic E-state index is 0.680. The third kappa shape index (κ3) is 1.84. The van der Waals surface area contributed by atoms with E-state index in [2.05, 4.69) is 5.43 Å². The fraction of sp³-hybridized carbons (Fsp3) is 0.333. The SMILES string of the molecule is COc1cc(C)c(NN)c(OC)c1. The van der Waals surface area contributed by atoms with E-state index in [1.54, 1.807) is 20.3 Å². The predicted molar refractivity (Wildman–Crippen MR) is 52.1 cm³/mol. The number of benzene rings is 1. The minimum Gasteiger partial charge on any atom is -0.497 e. The van der Waals surface area contributed by atoms with Gasteiger partial charge in [0.2, 0.25) is 0 Å². The molecule has 0 atom stereocenters. The quantitative estimate of drug-likeness (QED) is 0.546. The molecule has 0 radical (unpaired) electrons. The van der Waals surface area contributed by atoms with Gasteiger partial charge in [0, 0.05) is 6.07 Å². The maximum atomic E-state index is 5.35. The molecule has 1 aromatic carbocycles. The number of nitrogens with one attached hydrogen (secondary N) is 1. The van der Waals surface area contributed by atoms with Crippen LogP contribution in [0.5, 0.6) is 11.5 Å². The number of methoxy groups -OCH3 is 2. The third-order valence-electron chi connectivity index (χ3n) is 1.87. The summed E-state index contributed by atoms with van der Waals surface area (Å²) >= 11 is 0. The Morgan fingerprint density at radius 3 is 2.38 bits per heavy atom. The van der Waals surface area contributed by atoms with Crippen molar-refractivity contribution in [2.75, 3.05) is 19.6 Å². The van der Waals surface area contributed by atoms with Crippen LogP contribution >= 0.6 is 0 Å². The number of nitrogen functional groups attached to an aromatic ring is 1. The molecule has 3 N–H and O–H groups in total. The molecule has 0 heterocycles. The summed E-state index contributed by atoms with van der Waals surface area (Å²) in [7, 11) is 3.21. The number of nitrogens with two attached hydrogens (primary N) is 1. The van der Waals surface area contributed by atoms with Gasteiger partial charge in [0.15, 0.2) is 0 Å². The van der Waals surface area contributed by atoms with Gasteiger partial charge in [-0.25, -0.2) is 0 Å². The summed E-state index contributed by atoms with van der Waals surface area (Å²) in [6.07, 6.45) is 0. The number of aryl methyl sites for hydroxylation is 1. The fourth-order valence-corrected chi connectivity index (χ4v) is 1.19. The molecule has 0 aliphatic carbocycles. The highest BCUT2D eigenvalue weighted by atomic mass is 16.5. The van der Waals surface area contributed by atoms with E-state index in [-0.39, 0.29) is 0 Å². The molecule has 0 spiro atoms. The molecular formula is C9H14N2O2. The molecule has 0 aromatic heterocycles. The highest BCUT2D eigenvalue weighted by Gasteiger charge is 2.07. The van der Waals surface area contributed by atoms with Crippen molar-refractivity contribution in [2.24, 2.45) is 5.84 Å². The fourth-order valence-electron chi connectivity index (χ4n) is 1.19. The van der Waals surface area contributed by atoms with Gasteiger partial charge >= 0.3 is 0 Å². The lowest BCUT2D eigenvalue weighted by atomic mass is 10.2. The van der Waals surface area contributed by atoms with Crippen molar-refractivity contribution in [3.8, 4) is 11.5 Å². The van der Waals surface area contributed by atoms with Crippen LogP contribution in [-0.2, 0) is 0 Å². The average Bonchev–Trinajstić information content (AvgIpc) is 2.16. The predicted octanol–water partition coefficient (Wildman–Crippen LogP) is 1.30. The molecule has 0 unspecified atom stereocenters. The zero-order valence-corrected chi connectivity index (χ0v) is 8.05. The van der Waals surface area contributed by atoms with E-state index < -0.39 is 0 Å². The minimum absolute atomic E-state index is 0.680. The lowest BCUT2D eigenvalue weighted by molar-refractivity contribution is 0.395. The van der Waals surface area contributed by atoms with Crippen LogP contribution in [0.25, 0.3) is 0 Å². The highest BCUT2D eigenvalue weighted by molar-refractivity contribution is 5.63. The molecule has 0 saturated heterocycles. The average molecular weight is 182 g/mol. The molecule has 1 rings (SSSR count). The lowest BCUT2D eigenvalue weighted by Gasteiger charge is -2.12. The lowest BCUT2D eigenvalue weighted by Crippen LogP contribution is -2.09. The molecular weight excluding hydrogens is 168 g/mol. The summed E-state index contributed by atoms with van der Waals surface area (Å²) < 4.78 is 10.2. The molecule has 0 amide bonds. The van der Waals surface area contributed by atoms with Gasteiger partial charge in [-0.2, -0.15) is 0 Å². The molecule has 0 aliphatic heterocycles. The molecule has 4 nitrogen and oxygen atoms in total. The van der Waals surface area contributed by atoms with E-state index in [4.69, 9.17) is 15.3 Å². The second kappa shape index (κ2) is 4.00. The van der Waals surface area contributed by atoms with Crippen molar-refractivity contribution >= 4 is 5.69 Å². The largest absolute Gasteiger partial charge is 0.497 e. The van der Waals surface area contributed by atoms with Gasteiger partial charge in [0.1, 0.15) is 11.5 Å². The molecule has 72 valence electrons. The monoisotopic (exact) mass is 182 g/mol. The van der Waals surface area contributed by atoms with E-state index in [0.29, 0.717) is 5.75 Å². The summed E-state index contributed by atoms with van der Waals surface area (Å²) in [6, 6.07) is 3.67. The Bertz CT molecular complexity index is 300. The Balaban J connectivity index is 3.20. The van der Waals surface area contributed by atoms with E-state index in [9.17, 15) is 0 Å². The van der Waals surface area contributed by atoms with Crippen LogP contribution < -0.4 is 20.7 Å². The zero-order valence-electron chi connectivity index (χ0n) is 8.05. The van der Waals surface area contributed by atoms with E-state index in [1.165, 1.54) is 0 Å². The Labute approximate surface area is 77.6 Å². The number of rotatable bonds is 3. The number of hydrazine groups is 1. The normalized spacial score (nSPS) is 9.54. The van der Waals surface area contributed by atoms with Gasteiger partial charge in [-0.1, -0.05) is 0 Å². The molecule has 4 heteroatoms. The Morgan fingerprint density at radius 1 is 1.23 bits per heavy atom. The van der Waals surface area contributed by atoms with Gasteiger partial charge in [0.05, 0.1) is 19.9 Å². The smallest absolute Gasteiger partial charge is 0.147 e. The zero-order chi connectivity index (χ0) is 9.84. The van der Waals surface area contributed by atoms with Gasteiger partial charge in [-0.3, -0.25) is 5.84 Å². The van der Waals surface area contributed by atoms with Crippen molar-refractivity contribution < 1.29 is 9.47 Å². The van der Waals surface area contributed by atoms with Crippen molar-refractivity contribution in [3.05, 3.63) is 17.7 Å². The van der Waals surface area contributed by atoms with Gasteiger partial charge in [-0.15, -0.1) is 0 Å². The molecule has 0 bridgehead atoms. The van der Waals surface area contributed by atoms with Crippen molar-refractivity contribution in [1.82, 2.24) is 0 Å². The van der Waals surface area contributed by atoms with E-state index in [1.807, 2.05) is 13.0 Å².